The molecule has 0 aliphatic carbocycles. The zero-order chi connectivity index (χ0) is 11.4. The van der Waals surface area contributed by atoms with Crippen molar-refractivity contribution in [2.45, 2.75) is 6.10 Å². The van der Waals surface area contributed by atoms with Crippen LogP contribution in [0.25, 0.3) is 0 Å². The minimum Gasteiger partial charge on any atom is -0.504 e. The Balaban J connectivity index is 3.05. The Labute approximate surface area is 87.4 Å². The lowest BCUT2D eigenvalue weighted by atomic mass is 10.1. The highest BCUT2D eigenvalue weighted by Crippen LogP contribution is 2.29. The van der Waals surface area contributed by atoms with E-state index in [4.69, 9.17) is 15.2 Å². The van der Waals surface area contributed by atoms with Crippen LogP contribution in [0.1, 0.15) is 11.7 Å². The summed E-state index contributed by atoms with van der Waals surface area (Å²) in [7, 11) is 2.81. The number of nitrogens with two attached hydrogens (primary N) is 1. The number of hydrogen-bond acceptors (Lipinski definition) is 4. The molecular formula is C10H13NO4. The normalized spacial score (nSPS) is 12.1. The number of phenols is 1. The number of rotatable bonds is 4. The molecule has 0 aliphatic rings. The molecule has 1 amide bonds. The number of benzene rings is 1. The molecule has 82 valence electrons. The van der Waals surface area contributed by atoms with Gasteiger partial charge in [0.2, 0.25) is 0 Å². The van der Waals surface area contributed by atoms with Gasteiger partial charge < -0.3 is 20.3 Å². The zero-order valence-corrected chi connectivity index (χ0v) is 8.56. The highest BCUT2D eigenvalue weighted by molar-refractivity contribution is 5.80. The summed E-state index contributed by atoms with van der Waals surface area (Å²) in [6, 6.07) is 4.54. The first-order valence-electron chi connectivity index (χ1n) is 4.29. The van der Waals surface area contributed by atoms with E-state index >= 15 is 0 Å². The lowest BCUT2D eigenvalue weighted by Crippen LogP contribution is -2.22. The summed E-state index contributed by atoms with van der Waals surface area (Å²) in [5, 5.41) is 9.48. The molecule has 0 saturated carbocycles. The lowest BCUT2D eigenvalue weighted by molar-refractivity contribution is -0.128. The van der Waals surface area contributed by atoms with Crippen molar-refractivity contribution in [2.75, 3.05) is 14.2 Å². The molecule has 1 atom stereocenters. The van der Waals surface area contributed by atoms with E-state index in [2.05, 4.69) is 0 Å². The maximum Gasteiger partial charge on any atom is 0.251 e. The van der Waals surface area contributed by atoms with Crippen LogP contribution in [0.2, 0.25) is 0 Å². The molecule has 5 nitrogen and oxygen atoms in total. The Kier molecular flexibility index (Phi) is 3.51. The molecule has 0 radical (unpaired) electrons. The second-order valence-corrected chi connectivity index (χ2v) is 2.95. The van der Waals surface area contributed by atoms with Crippen LogP contribution >= 0.6 is 0 Å². The second-order valence-electron chi connectivity index (χ2n) is 2.95. The van der Waals surface area contributed by atoms with E-state index < -0.39 is 12.0 Å². The van der Waals surface area contributed by atoms with Crippen LogP contribution in [-0.2, 0) is 9.53 Å². The van der Waals surface area contributed by atoms with Gasteiger partial charge in [0, 0.05) is 7.11 Å². The third-order valence-electron chi connectivity index (χ3n) is 2.00. The number of hydrogen-bond donors (Lipinski definition) is 2. The van der Waals surface area contributed by atoms with Gasteiger partial charge in [-0.1, -0.05) is 6.07 Å². The van der Waals surface area contributed by atoms with Gasteiger partial charge in [-0.2, -0.15) is 0 Å². The number of phenolic OH excluding ortho intramolecular Hbond substituents is 1. The molecule has 0 heterocycles. The molecule has 15 heavy (non-hydrogen) atoms. The van der Waals surface area contributed by atoms with Gasteiger partial charge >= 0.3 is 0 Å². The molecule has 3 N–H and O–H groups in total. The SMILES string of the molecule is COc1ccc(C(OC)C(N)=O)cc1O. The van der Waals surface area contributed by atoms with Crippen LogP contribution in [0.15, 0.2) is 18.2 Å². The van der Waals surface area contributed by atoms with Gasteiger partial charge in [0.25, 0.3) is 5.91 Å². The van der Waals surface area contributed by atoms with Gasteiger partial charge in [-0.3, -0.25) is 4.79 Å². The van der Waals surface area contributed by atoms with Crippen molar-refractivity contribution in [3.05, 3.63) is 23.8 Å². The van der Waals surface area contributed by atoms with E-state index in [1.807, 2.05) is 0 Å². The summed E-state index contributed by atoms with van der Waals surface area (Å²) in [4.78, 5) is 11.0. The standard InChI is InChI=1S/C10H13NO4/c1-14-8-4-3-6(5-7(8)12)9(15-2)10(11)13/h3-5,9,12H,1-2H3,(H2,11,13). The highest BCUT2D eigenvalue weighted by atomic mass is 16.5. The topological polar surface area (TPSA) is 81.8 Å². The van der Waals surface area contributed by atoms with Gasteiger partial charge in [-0.25, -0.2) is 0 Å². The average molecular weight is 211 g/mol. The van der Waals surface area contributed by atoms with Gasteiger partial charge in [0.05, 0.1) is 7.11 Å². The van der Waals surface area contributed by atoms with Crippen LogP contribution in [0.3, 0.4) is 0 Å². The Bertz CT molecular complexity index is 364. The van der Waals surface area contributed by atoms with E-state index in [0.29, 0.717) is 11.3 Å². The first kappa shape index (κ1) is 11.3. The molecule has 0 saturated heterocycles. The monoisotopic (exact) mass is 211 g/mol. The maximum absolute atomic E-state index is 11.0. The average Bonchev–Trinajstić information content (AvgIpc) is 2.18. The number of carbonyl (C=O) groups excluding carboxylic acids is 1. The Morgan fingerprint density at radius 3 is 2.53 bits per heavy atom. The maximum atomic E-state index is 11.0. The fraction of sp³-hybridized carbons (Fsp3) is 0.300. The summed E-state index contributed by atoms with van der Waals surface area (Å²) in [5.74, 6) is -0.335. The van der Waals surface area contributed by atoms with Crippen molar-refractivity contribution in [1.82, 2.24) is 0 Å². The van der Waals surface area contributed by atoms with Gasteiger partial charge in [0.1, 0.15) is 0 Å². The molecule has 1 unspecified atom stereocenters. The predicted molar refractivity (Wildman–Crippen MR) is 53.6 cm³/mol. The van der Waals surface area contributed by atoms with E-state index in [1.165, 1.54) is 20.3 Å². The largest absolute Gasteiger partial charge is 0.504 e. The first-order valence-corrected chi connectivity index (χ1v) is 4.29. The van der Waals surface area contributed by atoms with Crippen LogP contribution in [0.4, 0.5) is 0 Å². The molecule has 1 aromatic rings. The van der Waals surface area contributed by atoms with Crippen molar-refractivity contribution >= 4 is 5.91 Å². The van der Waals surface area contributed by atoms with Crippen LogP contribution in [-0.4, -0.2) is 25.2 Å². The molecule has 0 bridgehead atoms. The molecular weight excluding hydrogens is 198 g/mol. The number of primary amides is 1. The Morgan fingerprint density at radius 2 is 2.13 bits per heavy atom. The molecule has 0 spiro atoms. The van der Waals surface area contributed by atoms with Gasteiger partial charge in [-0.15, -0.1) is 0 Å². The minimum atomic E-state index is -0.859. The molecule has 0 aromatic heterocycles. The first-order chi connectivity index (χ1) is 7.10. The van der Waals surface area contributed by atoms with Crippen LogP contribution < -0.4 is 10.5 Å². The zero-order valence-electron chi connectivity index (χ0n) is 8.56. The van der Waals surface area contributed by atoms with Crippen molar-refractivity contribution in [1.29, 1.82) is 0 Å². The summed E-state index contributed by atoms with van der Waals surface area (Å²) >= 11 is 0. The van der Waals surface area contributed by atoms with Crippen molar-refractivity contribution in [3.63, 3.8) is 0 Å². The molecule has 0 aliphatic heterocycles. The second kappa shape index (κ2) is 4.65. The van der Waals surface area contributed by atoms with Crippen LogP contribution in [0, 0.1) is 0 Å². The summed E-state index contributed by atoms with van der Waals surface area (Å²) < 4.78 is 9.77. The predicted octanol–water partition coefficient (Wildman–Crippen LogP) is 0.574. The highest BCUT2D eigenvalue weighted by Gasteiger charge is 2.18. The van der Waals surface area contributed by atoms with E-state index in [9.17, 15) is 9.90 Å². The molecule has 1 aromatic carbocycles. The van der Waals surface area contributed by atoms with E-state index in [0.717, 1.165) is 0 Å². The number of aromatic hydroxyl groups is 1. The number of methoxy groups -OCH3 is 2. The van der Waals surface area contributed by atoms with E-state index in [1.54, 1.807) is 12.1 Å². The molecule has 5 heteroatoms. The minimum absolute atomic E-state index is 0.0571. The van der Waals surface area contributed by atoms with Gasteiger partial charge in [0.15, 0.2) is 17.6 Å². The third kappa shape index (κ3) is 2.38. The fourth-order valence-electron chi connectivity index (χ4n) is 1.29. The summed E-state index contributed by atoms with van der Waals surface area (Å²) in [6.45, 7) is 0. The number of amides is 1. The third-order valence-corrected chi connectivity index (χ3v) is 2.00. The molecule has 0 fully saturated rings. The van der Waals surface area contributed by atoms with Crippen LogP contribution in [0.5, 0.6) is 11.5 Å². The number of carbonyl (C=O) groups is 1. The summed E-state index contributed by atoms with van der Waals surface area (Å²) in [6.07, 6.45) is -0.859. The van der Waals surface area contributed by atoms with E-state index in [-0.39, 0.29) is 5.75 Å². The Hall–Kier alpha value is -1.75. The molecule has 1 rings (SSSR count). The van der Waals surface area contributed by atoms with Crippen molar-refractivity contribution < 1.29 is 19.4 Å². The Morgan fingerprint density at radius 1 is 1.47 bits per heavy atom. The van der Waals surface area contributed by atoms with Crippen molar-refractivity contribution in [2.24, 2.45) is 5.73 Å². The quantitative estimate of drug-likeness (QED) is 0.763. The van der Waals surface area contributed by atoms with Crippen molar-refractivity contribution in [3.8, 4) is 11.5 Å². The fourth-order valence-corrected chi connectivity index (χ4v) is 1.29. The smallest absolute Gasteiger partial charge is 0.251 e. The summed E-state index contributed by atoms with van der Waals surface area (Å²) in [5.41, 5.74) is 5.61. The van der Waals surface area contributed by atoms with Gasteiger partial charge in [-0.05, 0) is 17.7 Å². The number of ether oxygens (including phenoxy) is 2. The lowest BCUT2D eigenvalue weighted by Gasteiger charge is -2.13.